The van der Waals surface area contributed by atoms with Gasteiger partial charge >= 0.3 is 0 Å². The standard InChI is InChI=1S/C10H8ClN3O2/c1-6-2-7(5-16-6)10(15)14-9-4-12-8(11)3-13-9/h2-5H,1H3,(H,13,14,15). The zero-order valence-corrected chi connectivity index (χ0v) is 9.15. The van der Waals surface area contributed by atoms with Crippen LogP contribution in [-0.4, -0.2) is 15.9 Å². The van der Waals surface area contributed by atoms with Crippen molar-refractivity contribution < 1.29 is 9.21 Å². The van der Waals surface area contributed by atoms with E-state index in [4.69, 9.17) is 16.0 Å². The van der Waals surface area contributed by atoms with Gasteiger partial charge < -0.3 is 9.73 Å². The zero-order chi connectivity index (χ0) is 11.5. The minimum Gasteiger partial charge on any atom is -0.469 e. The third-order valence-corrected chi connectivity index (χ3v) is 2.05. The lowest BCUT2D eigenvalue weighted by atomic mass is 10.3. The van der Waals surface area contributed by atoms with Crippen LogP contribution in [0.1, 0.15) is 16.1 Å². The third kappa shape index (κ3) is 2.38. The molecule has 0 aromatic carbocycles. The second kappa shape index (κ2) is 4.32. The van der Waals surface area contributed by atoms with Crippen molar-refractivity contribution in [3.05, 3.63) is 41.2 Å². The van der Waals surface area contributed by atoms with E-state index >= 15 is 0 Å². The molecule has 0 spiro atoms. The number of hydrogen-bond acceptors (Lipinski definition) is 4. The zero-order valence-electron chi connectivity index (χ0n) is 8.40. The van der Waals surface area contributed by atoms with Crippen molar-refractivity contribution >= 4 is 23.3 Å². The fourth-order valence-electron chi connectivity index (χ4n) is 1.13. The van der Waals surface area contributed by atoms with Gasteiger partial charge in [-0.25, -0.2) is 9.97 Å². The van der Waals surface area contributed by atoms with Crippen LogP contribution >= 0.6 is 11.6 Å². The molecule has 0 aliphatic rings. The number of nitrogens with zero attached hydrogens (tertiary/aromatic N) is 2. The van der Waals surface area contributed by atoms with Gasteiger partial charge in [-0.2, -0.15) is 0 Å². The molecule has 0 aliphatic heterocycles. The largest absolute Gasteiger partial charge is 0.469 e. The van der Waals surface area contributed by atoms with Gasteiger partial charge in [0.1, 0.15) is 17.2 Å². The smallest absolute Gasteiger partial charge is 0.260 e. The second-order valence-electron chi connectivity index (χ2n) is 3.12. The fraction of sp³-hybridized carbons (Fsp3) is 0.100. The third-order valence-electron chi connectivity index (χ3n) is 1.85. The maximum atomic E-state index is 11.6. The summed E-state index contributed by atoms with van der Waals surface area (Å²) in [6.45, 7) is 1.76. The predicted molar refractivity (Wildman–Crippen MR) is 58.4 cm³/mol. The molecule has 0 aliphatic carbocycles. The molecule has 1 N–H and O–H groups in total. The number of halogens is 1. The highest BCUT2D eigenvalue weighted by atomic mass is 35.5. The molecule has 0 bridgehead atoms. The number of hydrogen-bond donors (Lipinski definition) is 1. The lowest BCUT2D eigenvalue weighted by Crippen LogP contribution is -2.12. The molecule has 0 saturated heterocycles. The Morgan fingerprint density at radius 3 is 2.81 bits per heavy atom. The summed E-state index contributed by atoms with van der Waals surface area (Å²) in [6.07, 6.45) is 4.12. The summed E-state index contributed by atoms with van der Waals surface area (Å²) in [5.74, 6) is 0.717. The molecule has 82 valence electrons. The van der Waals surface area contributed by atoms with E-state index in [1.165, 1.54) is 18.7 Å². The van der Waals surface area contributed by atoms with E-state index in [0.29, 0.717) is 17.1 Å². The van der Waals surface area contributed by atoms with E-state index in [1.54, 1.807) is 13.0 Å². The summed E-state index contributed by atoms with van der Waals surface area (Å²) in [5.41, 5.74) is 0.439. The van der Waals surface area contributed by atoms with E-state index in [0.717, 1.165) is 0 Å². The summed E-state index contributed by atoms with van der Waals surface area (Å²) >= 11 is 5.57. The number of carbonyl (C=O) groups is 1. The molecule has 2 aromatic heterocycles. The van der Waals surface area contributed by atoms with Gasteiger partial charge in [0.05, 0.1) is 18.0 Å². The average Bonchev–Trinajstić information content (AvgIpc) is 2.68. The lowest BCUT2D eigenvalue weighted by Gasteiger charge is -2.00. The van der Waals surface area contributed by atoms with Crippen LogP contribution in [0.3, 0.4) is 0 Å². The summed E-state index contributed by atoms with van der Waals surface area (Å²) in [5, 5.41) is 2.84. The van der Waals surface area contributed by atoms with Crippen LogP contribution in [-0.2, 0) is 0 Å². The predicted octanol–water partition coefficient (Wildman–Crippen LogP) is 2.28. The van der Waals surface area contributed by atoms with Crippen molar-refractivity contribution in [1.82, 2.24) is 9.97 Å². The fourth-order valence-corrected chi connectivity index (χ4v) is 1.23. The van der Waals surface area contributed by atoms with Gasteiger partial charge in [0.25, 0.3) is 5.91 Å². The average molecular weight is 238 g/mol. The molecule has 0 atom stereocenters. The molecular weight excluding hydrogens is 230 g/mol. The summed E-state index contributed by atoms with van der Waals surface area (Å²) in [7, 11) is 0. The Kier molecular flexibility index (Phi) is 2.87. The second-order valence-corrected chi connectivity index (χ2v) is 3.51. The van der Waals surface area contributed by atoms with E-state index in [-0.39, 0.29) is 11.1 Å². The summed E-state index contributed by atoms with van der Waals surface area (Å²) in [4.78, 5) is 19.3. The van der Waals surface area contributed by atoms with Crippen LogP contribution in [0, 0.1) is 6.92 Å². The molecule has 1 amide bonds. The number of furan rings is 1. The van der Waals surface area contributed by atoms with Crippen LogP contribution < -0.4 is 5.32 Å². The molecule has 2 aromatic rings. The van der Waals surface area contributed by atoms with Crippen LogP contribution in [0.5, 0.6) is 0 Å². The van der Waals surface area contributed by atoms with Crippen LogP contribution in [0.15, 0.2) is 29.1 Å². The van der Waals surface area contributed by atoms with Crippen LogP contribution in [0.25, 0.3) is 0 Å². The van der Waals surface area contributed by atoms with Crippen molar-refractivity contribution in [2.75, 3.05) is 5.32 Å². The van der Waals surface area contributed by atoms with Gasteiger partial charge in [-0.1, -0.05) is 11.6 Å². The Hall–Kier alpha value is -1.88. The van der Waals surface area contributed by atoms with Crippen molar-refractivity contribution in [2.45, 2.75) is 6.92 Å². The topological polar surface area (TPSA) is 68.0 Å². The van der Waals surface area contributed by atoms with E-state index in [9.17, 15) is 4.79 Å². The first-order valence-electron chi connectivity index (χ1n) is 4.49. The monoisotopic (exact) mass is 237 g/mol. The van der Waals surface area contributed by atoms with Crippen molar-refractivity contribution in [2.24, 2.45) is 0 Å². The molecule has 0 saturated carbocycles. The van der Waals surface area contributed by atoms with Gasteiger partial charge in [0.15, 0.2) is 5.82 Å². The van der Waals surface area contributed by atoms with Crippen LogP contribution in [0.4, 0.5) is 5.82 Å². The normalized spacial score (nSPS) is 10.1. The van der Waals surface area contributed by atoms with Crippen molar-refractivity contribution in [3.8, 4) is 0 Å². The summed E-state index contributed by atoms with van der Waals surface area (Å²) in [6, 6.07) is 1.64. The van der Waals surface area contributed by atoms with Gasteiger partial charge in [-0.3, -0.25) is 4.79 Å². The van der Waals surface area contributed by atoms with E-state index in [1.807, 2.05) is 0 Å². The first-order chi connectivity index (χ1) is 7.65. The molecule has 2 rings (SSSR count). The quantitative estimate of drug-likeness (QED) is 0.870. The Labute approximate surface area is 96.5 Å². The molecule has 16 heavy (non-hydrogen) atoms. The number of nitrogens with one attached hydrogen (secondary N) is 1. The highest BCUT2D eigenvalue weighted by molar-refractivity contribution is 6.29. The summed E-state index contributed by atoms with van der Waals surface area (Å²) < 4.78 is 5.02. The number of amides is 1. The Balaban J connectivity index is 2.10. The molecule has 0 unspecified atom stereocenters. The lowest BCUT2D eigenvalue weighted by molar-refractivity contribution is 0.102. The Bertz CT molecular complexity index is 507. The SMILES string of the molecule is Cc1cc(C(=O)Nc2cnc(Cl)cn2)co1. The minimum atomic E-state index is -0.298. The van der Waals surface area contributed by atoms with E-state index < -0.39 is 0 Å². The molecule has 6 heteroatoms. The molecular formula is C10H8ClN3O2. The first kappa shape index (κ1) is 10.6. The molecule has 5 nitrogen and oxygen atoms in total. The maximum absolute atomic E-state index is 11.6. The minimum absolute atomic E-state index is 0.275. The van der Waals surface area contributed by atoms with E-state index in [2.05, 4.69) is 15.3 Å². The van der Waals surface area contributed by atoms with Crippen LogP contribution in [0.2, 0.25) is 5.15 Å². The first-order valence-corrected chi connectivity index (χ1v) is 4.87. The maximum Gasteiger partial charge on any atom is 0.260 e. The Morgan fingerprint density at radius 2 is 2.25 bits per heavy atom. The van der Waals surface area contributed by atoms with Gasteiger partial charge in [-0.15, -0.1) is 0 Å². The molecule has 0 fully saturated rings. The highest BCUT2D eigenvalue weighted by Gasteiger charge is 2.09. The number of rotatable bonds is 2. The van der Waals surface area contributed by atoms with Crippen molar-refractivity contribution in [3.63, 3.8) is 0 Å². The van der Waals surface area contributed by atoms with Crippen molar-refractivity contribution in [1.29, 1.82) is 0 Å². The number of carbonyl (C=O) groups excluding carboxylic acids is 1. The highest BCUT2D eigenvalue weighted by Crippen LogP contribution is 2.10. The number of anilines is 1. The number of aryl methyl sites for hydroxylation is 1. The Morgan fingerprint density at radius 1 is 1.44 bits per heavy atom. The molecule has 0 radical (unpaired) electrons. The van der Waals surface area contributed by atoms with Gasteiger partial charge in [0, 0.05) is 0 Å². The number of aromatic nitrogens is 2. The van der Waals surface area contributed by atoms with Gasteiger partial charge in [0.2, 0.25) is 0 Å². The molecule has 2 heterocycles. The van der Waals surface area contributed by atoms with Gasteiger partial charge in [-0.05, 0) is 13.0 Å².